The summed E-state index contributed by atoms with van der Waals surface area (Å²) in [5.41, 5.74) is 6.07. The third kappa shape index (κ3) is 3.87. The van der Waals surface area contributed by atoms with Crippen molar-refractivity contribution in [3.05, 3.63) is 18.2 Å². The van der Waals surface area contributed by atoms with Crippen LogP contribution in [0.4, 0.5) is 5.69 Å². The molecule has 2 rings (SSSR count). The molecule has 0 spiro atoms. The smallest absolute Gasteiger partial charge is 0.244 e. The lowest BCUT2D eigenvalue weighted by Crippen LogP contribution is -2.30. The molecule has 0 bridgehead atoms. The second-order valence-corrected chi connectivity index (χ2v) is 7.03. The predicted octanol–water partition coefficient (Wildman–Crippen LogP) is 1.51. The molecule has 0 aromatic heterocycles. The van der Waals surface area contributed by atoms with E-state index in [0.29, 0.717) is 11.4 Å². The zero-order chi connectivity index (χ0) is 15.5. The molecule has 0 saturated heterocycles. The molecule has 1 aliphatic carbocycles. The first-order valence-electron chi connectivity index (χ1n) is 6.99. The van der Waals surface area contributed by atoms with Crippen LogP contribution in [0.15, 0.2) is 23.1 Å². The minimum absolute atomic E-state index is 0.0434. The van der Waals surface area contributed by atoms with Gasteiger partial charge < -0.3 is 15.2 Å². The Hall–Kier alpha value is -1.31. The van der Waals surface area contributed by atoms with Crippen molar-refractivity contribution in [3.8, 4) is 5.75 Å². The van der Waals surface area contributed by atoms with Gasteiger partial charge in [0.25, 0.3) is 0 Å². The molecule has 0 amide bonds. The standard InChI is InChI=1S/C14H22N2O4S/c1-16-21(17,18)14-8-10(15)6-7-13(14)20-12-5-3-4-11(9-12)19-2/h6-8,11-12,16H,3-5,9,15H2,1-2H3. The number of sulfonamides is 1. The molecular weight excluding hydrogens is 292 g/mol. The topological polar surface area (TPSA) is 90.7 Å². The second kappa shape index (κ2) is 6.64. The van der Waals surface area contributed by atoms with Gasteiger partial charge in [0.1, 0.15) is 16.7 Å². The van der Waals surface area contributed by atoms with Crippen LogP contribution in [0, 0.1) is 0 Å². The van der Waals surface area contributed by atoms with E-state index in [4.69, 9.17) is 15.2 Å². The Labute approximate surface area is 125 Å². The summed E-state index contributed by atoms with van der Waals surface area (Å²) in [7, 11) is -0.555. The van der Waals surface area contributed by atoms with Crippen molar-refractivity contribution >= 4 is 15.7 Å². The molecule has 2 atom stereocenters. The van der Waals surface area contributed by atoms with Crippen LogP contribution in [-0.2, 0) is 14.8 Å². The number of hydrogen-bond donors (Lipinski definition) is 2. The number of nitrogens with one attached hydrogen (secondary N) is 1. The van der Waals surface area contributed by atoms with E-state index in [0.717, 1.165) is 25.7 Å². The normalized spacial score (nSPS) is 23.0. The minimum Gasteiger partial charge on any atom is -0.489 e. The number of benzene rings is 1. The fourth-order valence-corrected chi connectivity index (χ4v) is 3.44. The highest BCUT2D eigenvalue weighted by atomic mass is 32.2. The highest BCUT2D eigenvalue weighted by Gasteiger charge is 2.26. The van der Waals surface area contributed by atoms with Gasteiger partial charge in [0, 0.05) is 19.2 Å². The maximum atomic E-state index is 12.1. The van der Waals surface area contributed by atoms with E-state index in [1.165, 1.54) is 13.1 Å². The number of methoxy groups -OCH3 is 1. The first kappa shape index (κ1) is 16.1. The number of nitrogens with two attached hydrogens (primary N) is 1. The van der Waals surface area contributed by atoms with Gasteiger partial charge in [-0.15, -0.1) is 0 Å². The molecule has 1 fully saturated rings. The Morgan fingerprint density at radius 3 is 2.67 bits per heavy atom. The van der Waals surface area contributed by atoms with Gasteiger partial charge in [0.15, 0.2) is 0 Å². The third-order valence-electron chi connectivity index (χ3n) is 3.73. The van der Waals surface area contributed by atoms with Crippen LogP contribution < -0.4 is 15.2 Å². The van der Waals surface area contributed by atoms with E-state index in [1.807, 2.05) is 0 Å². The number of rotatable bonds is 5. The fraction of sp³-hybridized carbons (Fsp3) is 0.571. The Bertz CT molecular complexity index is 589. The van der Waals surface area contributed by atoms with E-state index >= 15 is 0 Å². The van der Waals surface area contributed by atoms with Crippen LogP contribution in [0.2, 0.25) is 0 Å². The van der Waals surface area contributed by atoms with Gasteiger partial charge in [-0.3, -0.25) is 0 Å². The van der Waals surface area contributed by atoms with Gasteiger partial charge in [0.05, 0.1) is 6.10 Å². The predicted molar refractivity (Wildman–Crippen MR) is 80.8 cm³/mol. The summed E-state index contributed by atoms with van der Waals surface area (Å²) in [6.45, 7) is 0. The average Bonchev–Trinajstić information content (AvgIpc) is 2.49. The van der Waals surface area contributed by atoms with Crippen LogP contribution in [0.25, 0.3) is 0 Å². The van der Waals surface area contributed by atoms with Crippen molar-refractivity contribution in [2.45, 2.75) is 42.8 Å². The van der Waals surface area contributed by atoms with Crippen molar-refractivity contribution < 1.29 is 17.9 Å². The van der Waals surface area contributed by atoms with Crippen molar-refractivity contribution in [1.29, 1.82) is 0 Å². The number of nitrogen functional groups attached to an aromatic ring is 1. The molecule has 7 heteroatoms. The van der Waals surface area contributed by atoms with Crippen LogP contribution in [-0.4, -0.2) is 34.8 Å². The summed E-state index contributed by atoms with van der Waals surface area (Å²) in [5.74, 6) is 0.334. The van der Waals surface area contributed by atoms with Crippen LogP contribution in [0.1, 0.15) is 25.7 Å². The summed E-state index contributed by atoms with van der Waals surface area (Å²) in [6, 6.07) is 4.66. The fourth-order valence-electron chi connectivity index (χ4n) is 2.54. The van der Waals surface area contributed by atoms with Gasteiger partial charge in [0.2, 0.25) is 10.0 Å². The van der Waals surface area contributed by atoms with Gasteiger partial charge in [-0.1, -0.05) is 0 Å². The van der Waals surface area contributed by atoms with E-state index in [1.54, 1.807) is 19.2 Å². The van der Waals surface area contributed by atoms with Crippen molar-refractivity contribution in [3.63, 3.8) is 0 Å². The average molecular weight is 314 g/mol. The van der Waals surface area contributed by atoms with Crippen LogP contribution >= 0.6 is 0 Å². The first-order chi connectivity index (χ1) is 9.96. The van der Waals surface area contributed by atoms with Gasteiger partial charge in [-0.2, -0.15) is 0 Å². The monoisotopic (exact) mass is 314 g/mol. The van der Waals surface area contributed by atoms with Crippen molar-refractivity contribution in [2.75, 3.05) is 19.9 Å². The van der Waals surface area contributed by atoms with E-state index in [-0.39, 0.29) is 17.1 Å². The highest BCUT2D eigenvalue weighted by Crippen LogP contribution is 2.30. The molecule has 1 saturated carbocycles. The minimum atomic E-state index is -3.61. The second-order valence-electron chi connectivity index (χ2n) is 5.18. The molecule has 21 heavy (non-hydrogen) atoms. The quantitative estimate of drug-likeness (QED) is 0.804. The lowest BCUT2D eigenvalue weighted by atomic mass is 9.95. The van der Waals surface area contributed by atoms with Crippen molar-refractivity contribution in [2.24, 2.45) is 0 Å². The Balaban J connectivity index is 2.24. The molecule has 1 aromatic carbocycles. The number of ether oxygens (including phenoxy) is 2. The van der Waals surface area contributed by atoms with Crippen LogP contribution in [0.5, 0.6) is 5.75 Å². The molecule has 1 aliphatic rings. The first-order valence-corrected chi connectivity index (χ1v) is 8.47. The van der Waals surface area contributed by atoms with E-state index < -0.39 is 10.0 Å². The highest BCUT2D eigenvalue weighted by molar-refractivity contribution is 7.89. The van der Waals surface area contributed by atoms with Crippen molar-refractivity contribution in [1.82, 2.24) is 4.72 Å². The summed E-state index contributed by atoms with van der Waals surface area (Å²) < 4.78 is 37.7. The molecule has 6 nitrogen and oxygen atoms in total. The van der Waals surface area contributed by atoms with Gasteiger partial charge in [-0.05, 0) is 44.5 Å². The number of anilines is 1. The zero-order valence-electron chi connectivity index (χ0n) is 12.3. The third-order valence-corrected chi connectivity index (χ3v) is 5.17. The van der Waals surface area contributed by atoms with E-state index in [2.05, 4.69) is 4.72 Å². The summed E-state index contributed by atoms with van der Waals surface area (Å²) >= 11 is 0. The summed E-state index contributed by atoms with van der Waals surface area (Å²) in [6.07, 6.45) is 3.80. The molecule has 3 N–H and O–H groups in total. The molecule has 0 heterocycles. The molecule has 118 valence electrons. The van der Waals surface area contributed by atoms with Gasteiger partial charge >= 0.3 is 0 Å². The maximum Gasteiger partial charge on any atom is 0.244 e. The lowest BCUT2D eigenvalue weighted by Gasteiger charge is -2.29. The van der Waals surface area contributed by atoms with Gasteiger partial charge in [-0.25, -0.2) is 13.1 Å². The summed E-state index contributed by atoms with van der Waals surface area (Å²) in [4.78, 5) is 0.0736. The largest absolute Gasteiger partial charge is 0.489 e. The molecular formula is C14H22N2O4S. The molecule has 2 unspecified atom stereocenters. The maximum absolute atomic E-state index is 12.1. The summed E-state index contributed by atoms with van der Waals surface area (Å²) in [5, 5.41) is 0. The molecule has 1 aromatic rings. The Morgan fingerprint density at radius 1 is 1.29 bits per heavy atom. The Morgan fingerprint density at radius 2 is 2.00 bits per heavy atom. The SMILES string of the molecule is CNS(=O)(=O)c1cc(N)ccc1OC1CCCC(OC)C1. The van der Waals surface area contributed by atoms with Crippen LogP contribution in [0.3, 0.4) is 0 Å². The number of hydrogen-bond acceptors (Lipinski definition) is 5. The molecule has 0 radical (unpaired) electrons. The lowest BCUT2D eigenvalue weighted by molar-refractivity contribution is 0.0200. The van der Waals surface area contributed by atoms with E-state index in [9.17, 15) is 8.42 Å². The Kier molecular flexibility index (Phi) is 5.08. The molecule has 0 aliphatic heterocycles. The zero-order valence-corrected chi connectivity index (χ0v) is 13.2.